The lowest BCUT2D eigenvalue weighted by Crippen LogP contribution is -2.55. The van der Waals surface area contributed by atoms with Crippen molar-refractivity contribution in [2.45, 2.75) is 63.9 Å². The molecule has 0 saturated heterocycles. The summed E-state index contributed by atoms with van der Waals surface area (Å²) in [6.45, 7) is 4.45. The first-order valence-electron chi connectivity index (χ1n) is 8.97. The van der Waals surface area contributed by atoms with Gasteiger partial charge in [0.15, 0.2) is 0 Å². The van der Waals surface area contributed by atoms with E-state index < -0.39 is 18.3 Å². The van der Waals surface area contributed by atoms with Gasteiger partial charge >= 0.3 is 0 Å². The van der Waals surface area contributed by atoms with E-state index in [0.717, 1.165) is 12.8 Å². The highest BCUT2D eigenvalue weighted by molar-refractivity contribution is 5.34. The number of aliphatic hydroxyl groups excluding tert-OH is 3. The van der Waals surface area contributed by atoms with Crippen LogP contribution in [0.15, 0.2) is 23.8 Å². The average Bonchev–Trinajstić information content (AvgIpc) is 2.73. The van der Waals surface area contributed by atoms with Crippen LogP contribution >= 0.6 is 0 Å². The minimum absolute atomic E-state index is 0.0813. The SMILES string of the molecule is C[C@]12C=CC(O)CC1=CC(O)[C@@H]1[C@H]2CC[C@]2(C)C(N)C(O)C[C@@H]12. The minimum atomic E-state index is -0.496. The molecule has 0 amide bonds. The number of rotatable bonds is 0. The lowest BCUT2D eigenvalue weighted by molar-refractivity contribution is -0.0653. The summed E-state index contributed by atoms with van der Waals surface area (Å²) in [5.41, 5.74) is 7.33. The molecule has 4 nitrogen and oxygen atoms in total. The molecule has 0 heterocycles. The van der Waals surface area contributed by atoms with Crippen LogP contribution in [0.1, 0.15) is 39.5 Å². The zero-order valence-corrected chi connectivity index (χ0v) is 14.0. The minimum Gasteiger partial charge on any atom is -0.391 e. The van der Waals surface area contributed by atoms with E-state index in [4.69, 9.17) is 5.73 Å². The fourth-order valence-corrected chi connectivity index (χ4v) is 6.28. The monoisotopic (exact) mass is 319 g/mol. The molecule has 128 valence electrons. The summed E-state index contributed by atoms with van der Waals surface area (Å²) < 4.78 is 0. The molecule has 9 atom stereocenters. The third kappa shape index (κ3) is 1.98. The van der Waals surface area contributed by atoms with Crippen molar-refractivity contribution in [1.29, 1.82) is 0 Å². The fourth-order valence-electron chi connectivity index (χ4n) is 6.28. The maximum absolute atomic E-state index is 10.9. The number of fused-ring (bicyclic) bond motifs is 5. The van der Waals surface area contributed by atoms with Gasteiger partial charge in [0.2, 0.25) is 0 Å². The van der Waals surface area contributed by atoms with Crippen LogP contribution in [0.25, 0.3) is 0 Å². The van der Waals surface area contributed by atoms with Crippen LogP contribution in [0.3, 0.4) is 0 Å². The van der Waals surface area contributed by atoms with Gasteiger partial charge in [-0.15, -0.1) is 0 Å². The molecule has 0 aromatic carbocycles. The first-order chi connectivity index (χ1) is 10.8. The van der Waals surface area contributed by atoms with Crippen molar-refractivity contribution in [2.75, 3.05) is 0 Å². The van der Waals surface area contributed by atoms with Crippen LogP contribution in [0.5, 0.6) is 0 Å². The Morgan fingerprint density at radius 1 is 1.17 bits per heavy atom. The molecule has 0 aromatic rings. The average molecular weight is 319 g/mol. The summed E-state index contributed by atoms with van der Waals surface area (Å²) in [6, 6.07) is -0.192. The molecule has 4 heteroatoms. The second-order valence-electron chi connectivity index (χ2n) is 8.76. The zero-order chi connectivity index (χ0) is 16.6. The number of hydrogen-bond donors (Lipinski definition) is 4. The summed E-state index contributed by atoms with van der Waals surface area (Å²) in [7, 11) is 0. The maximum Gasteiger partial charge on any atom is 0.0758 e. The van der Waals surface area contributed by atoms with Crippen molar-refractivity contribution >= 4 is 0 Å². The van der Waals surface area contributed by atoms with Crippen molar-refractivity contribution in [3.8, 4) is 0 Å². The van der Waals surface area contributed by atoms with E-state index in [-0.39, 0.29) is 28.7 Å². The standard InChI is InChI=1S/C19H29NO3/c1-18-5-3-11(21)7-10(18)8-14(22)16-12(18)4-6-19(2)13(16)9-15(23)17(19)20/h3,5,8,11-17,21-23H,4,6-7,9,20H2,1-2H3/t11?,12-,13+,14?,15?,16-,17?,18+,19+/m1/s1. The molecule has 2 saturated carbocycles. The largest absolute Gasteiger partial charge is 0.391 e. The molecule has 0 spiro atoms. The molecule has 2 fully saturated rings. The molecule has 5 N–H and O–H groups in total. The second-order valence-corrected chi connectivity index (χ2v) is 8.76. The molecular weight excluding hydrogens is 290 g/mol. The van der Waals surface area contributed by atoms with Gasteiger partial charge in [-0.1, -0.05) is 37.6 Å². The van der Waals surface area contributed by atoms with Gasteiger partial charge in [-0.25, -0.2) is 0 Å². The van der Waals surface area contributed by atoms with Gasteiger partial charge in [-0.2, -0.15) is 0 Å². The van der Waals surface area contributed by atoms with Crippen LogP contribution in [0.4, 0.5) is 0 Å². The van der Waals surface area contributed by atoms with Crippen molar-refractivity contribution in [2.24, 2.45) is 34.3 Å². The Kier molecular flexibility index (Phi) is 3.38. The van der Waals surface area contributed by atoms with Crippen LogP contribution in [-0.4, -0.2) is 39.7 Å². The third-order valence-electron chi connectivity index (χ3n) is 7.76. The van der Waals surface area contributed by atoms with Crippen molar-refractivity contribution < 1.29 is 15.3 Å². The molecule has 4 unspecified atom stereocenters. The Bertz CT molecular complexity index is 573. The highest BCUT2D eigenvalue weighted by Gasteiger charge is 2.61. The summed E-state index contributed by atoms with van der Waals surface area (Å²) in [5.74, 6) is 0.763. The van der Waals surface area contributed by atoms with E-state index in [9.17, 15) is 15.3 Å². The van der Waals surface area contributed by atoms with E-state index in [2.05, 4.69) is 19.9 Å². The zero-order valence-electron chi connectivity index (χ0n) is 14.0. The molecule has 23 heavy (non-hydrogen) atoms. The predicted octanol–water partition coefficient (Wildman–Crippen LogP) is 1.35. The van der Waals surface area contributed by atoms with Crippen molar-refractivity contribution in [3.63, 3.8) is 0 Å². The van der Waals surface area contributed by atoms with E-state index in [0.29, 0.717) is 18.8 Å². The Morgan fingerprint density at radius 2 is 1.91 bits per heavy atom. The van der Waals surface area contributed by atoms with Gasteiger partial charge in [0.1, 0.15) is 0 Å². The molecule has 4 aliphatic rings. The Balaban J connectivity index is 1.76. The van der Waals surface area contributed by atoms with Gasteiger partial charge in [0, 0.05) is 11.5 Å². The number of allylic oxidation sites excluding steroid dienone is 1. The van der Waals surface area contributed by atoms with Gasteiger partial charge in [-0.3, -0.25) is 0 Å². The lowest BCUT2D eigenvalue weighted by atomic mass is 9.48. The first kappa shape index (κ1) is 15.8. The molecule has 4 rings (SSSR count). The Labute approximate surface area is 138 Å². The maximum atomic E-state index is 10.9. The molecule has 0 bridgehead atoms. The highest BCUT2D eigenvalue weighted by Crippen LogP contribution is 2.63. The van der Waals surface area contributed by atoms with E-state index in [1.807, 2.05) is 12.2 Å². The van der Waals surface area contributed by atoms with E-state index in [1.165, 1.54) is 5.57 Å². The first-order valence-corrected chi connectivity index (χ1v) is 8.97. The number of nitrogens with two attached hydrogens (primary N) is 1. The number of aliphatic hydroxyl groups is 3. The molecule has 0 radical (unpaired) electrons. The van der Waals surface area contributed by atoms with E-state index >= 15 is 0 Å². The third-order valence-corrected chi connectivity index (χ3v) is 7.76. The smallest absolute Gasteiger partial charge is 0.0758 e. The summed E-state index contributed by atoms with van der Waals surface area (Å²) in [6.07, 6.45) is 8.00. The lowest BCUT2D eigenvalue weighted by Gasteiger charge is -2.57. The van der Waals surface area contributed by atoms with Crippen LogP contribution < -0.4 is 5.73 Å². The number of hydrogen-bond acceptors (Lipinski definition) is 4. The summed E-state index contributed by atoms with van der Waals surface area (Å²) in [4.78, 5) is 0. The van der Waals surface area contributed by atoms with Gasteiger partial charge in [0.05, 0.1) is 18.3 Å². The van der Waals surface area contributed by atoms with Crippen LogP contribution in [0, 0.1) is 28.6 Å². The van der Waals surface area contributed by atoms with Crippen LogP contribution in [-0.2, 0) is 0 Å². The van der Waals surface area contributed by atoms with Crippen LogP contribution in [0.2, 0.25) is 0 Å². The fraction of sp³-hybridized carbons (Fsp3) is 0.789. The van der Waals surface area contributed by atoms with E-state index in [1.54, 1.807) is 0 Å². The summed E-state index contributed by atoms with van der Waals surface area (Å²) in [5, 5.41) is 31.2. The Hall–Kier alpha value is -0.680. The van der Waals surface area contributed by atoms with Gasteiger partial charge in [-0.05, 0) is 48.9 Å². The van der Waals surface area contributed by atoms with Crippen molar-refractivity contribution in [1.82, 2.24) is 0 Å². The Morgan fingerprint density at radius 3 is 2.65 bits per heavy atom. The second kappa shape index (κ2) is 4.92. The summed E-state index contributed by atoms with van der Waals surface area (Å²) >= 11 is 0. The van der Waals surface area contributed by atoms with Gasteiger partial charge < -0.3 is 21.1 Å². The highest BCUT2D eigenvalue weighted by atomic mass is 16.3. The molecule has 0 aliphatic heterocycles. The molecular formula is C19H29NO3. The van der Waals surface area contributed by atoms with Gasteiger partial charge in [0.25, 0.3) is 0 Å². The van der Waals surface area contributed by atoms with Crippen molar-refractivity contribution in [3.05, 3.63) is 23.8 Å². The topological polar surface area (TPSA) is 86.7 Å². The molecule has 0 aromatic heterocycles. The normalized spacial score (nSPS) is 58.2. The predicted molar refractivity (Wildman–Crippen MR) is 88.4 cm³/mol. The quantitative estimate of drug-likeness (QED) is 0.508. The molecule has 4 aliphatic carbocycles.